The average Bonchev–Trinajstić information content (AvgIpc) is 2.83. The van der Waals surface area contributed by atoms with E-state index in [4.69, 9.17) is 11.6 Å². The average molecular weight is 324 g/mol. The summed E-state index contributed by atoms with van der Waals surface area (Å²) in [4.78, 5) is 0. The number of halogens is 2. The number of hydrazine groups is 1. The number of nitrogens with one attached hydrogen (secondary N) is 2. The lowest BCUT2D eigenvalue weighted by Crippen LogP contribution is -2.20. The van der Waals surface area contributed by atoms with E-state index in [9.17, 15) is 0 Å². The molecule has 1 heterocycles. The van der Waals surface area contributed by atoms with E-state index in [0.29, 0.717) is 6.54 Å². The second kappa shape index (κ2) is 6.76. The largest absolute Gasteiger partial charge is 0.321 e. The van der Waals surface area contributed by atoms with Gasteiger partial charge in [-0.15, -0.1) is 17.5 Å². The Hall–Kier alpha value is -1.82. The zero-order valence-corrected chi connectivity index (χ0v) is 12.9. The van der Waals surface area contributed by atoms with Crippen LogP contribution >= 0.6 is 24.0 Å². The van der Waals surface area contributed by atoms with Gasteiger partial charge in [0.15, 0.2) is 0 Å². The van der Waals surface area contributed by atoms with E-state index in [1.807, 2.05) is 43.4 Å². The van der Waals surface area contributed by atoms with Gasteiger partial charge in [-0.05, 0) is 42.0 Å². The molecule has 0 amide bonds. The third-order valence-corrected chi connectivity index (χ3v) is 3.30. The van der Waals surface area contributed by atoms with Crippen LogP contribution in [0.15, 0.2) is 42.5 Å². The molecule has 0 fully saturated rings. The lowest BCUT2D eigenvalue weighted by atomic mass is 10.2. The van der Waals surface area contributed by atoms with Gasteiger partial charge in [-0.3, -0.25) is 0 Å². The van der Waals surface area contributed by atoms with Crippen molar-refractivity contribution in [3.63, 3.8) is 0 Å². The van der Waals surface area contributed by atoms with Crippen LogP contribution in [-0.2, 0) is 13.6 Å². The molecule has 2 N–H and O–H groups in total. The van der Waals surface area contributed by atoms with E-state index < -0.39 is 0 Å². The molecule has 2 aromatic carbocycles. The fourth-order valence-corrected chi connectivity index (χ4v) is 2.09. The lowest BCUT2D eigenvalue weighted by molar-refractivity contribution is 0.735. The van der Waals surface area contributed by atoms with Crippen LogP contribution < -0.4 is 10.9 Å². The minimum Gasteiger partial charge on any atom is -0.321 e. The fraction of sp³-hybridized carbons (Fsp3) is 0.143. The van der Waals surface area contributed by atoms with Crippen LogP contribution in [0.4, 0.5) is 5.69 Å². The highest BCUT2D eigenvalue weighted by Gasteiger charge is 2.02. The Bertz CT molecular complexity index is 724. The van der Waals surface area contributed by atoms with Crippen molar-refractivity contribution in [3.8, 4) is 0 Å². The highest BCUT2D eigenvalue weighted by molar-refractivity contribution is 6.30. The summed E-state index contributed by atoms with van der Waals surface area (Å²) in [6.07, 6.45) is 0. The van der Waals surface area contributed by atoms with Crippen LogP contribution in [0.25, 0.3) is 11.0 Å². The van der Waals surface area contributed by atoms with Crippen molar-refractivity contribution in [2.24, 2.45) is 7.05 Å². The van der Waals surface area contributed by atoms with E-state index in [2.05, 4.69) is 27.2 Å². The monoisotopic (exact) mass is 323 g/mol. The van der Waals surface area contributed by atoms with Gasteiger partial charge in [0.05, 0.1) is 5.52 Å². The Morgan fingerprint density at radius 3 is 2.67 bits per heavy atom. The second-order valence-corrected chi connectivity index (χ2v) is 4.96. The van der Waals surface area contributed by atoms with Crippen molar-refractivity contribution in [3.05, 3.63) is 53.1 Å². The van der Waals surface area contributed by atoms with E-state index in [0.717, 1.165) is 27.3 Å². The Balaban J connectivity index is 0.00000161. The number of hydrogen-bond acceptors (Lipinski definition) is 4. The summed E-state index contributed by atoms with van der Waals surface area (Å²) in [7, 11) is 1.89. The Kier molecular flexibility index (Phi) is 5.01. The first kappa shape index (κ1) is 15.6. The summed E-state index contributed by atoms with van der Waals surface area (Å²) in [5, 5.41) is 8.78. The van der Waals surface area contributed by atoms with E-state index in [-0.39, 0.29) is 12.4 Å². The minimum atomic E-state index is 0. The predicted octanol–water partition coefficient (Wildman–Crippen LogP) is 3.16. The van der Waals surface area contributed by atoms with E-state index >= 15 is 0 Å². The van der Waals surface area contributed by atoms with Gasteiger partial charge in [0.25, 0.3) is 0 Å². The SMILES string of the molecule is Cl.Cn1nnc2ccc(CNNc3ccc(Cl)cc3)cc21. The van der Waals surface area contributed by atoms with Gasteiger partial charge in [0, 0.05) is 24.3 Å². The Morgan fingerprint density at radius 2 is 1.90 bits per heavy atom. The summed E-state index contributed by atoms with van der Waals surface area (Å²) in [6, 6.07) is 13.6. The summed E-state index contributed by atoms with van der Waals surface area (Å²) >= 11 is 5.84. The van der Waals surface area contributed by atoms with Crippen LogP contribution in [0, 0.1) is 0 Å². The molecule has 0 aliphatic rings. The van der Waals surface area contributed by atoms with Gasteiger partial charge in [-0.25, -0.2) is 10.1 Å². The number of anilines is 1. The van der Waals surface area contributed by atoms with Crippen LogP contribution in [0.1, 0.15) is 5.56 Å². The molecule has 0 bridgehead atoms. The minimum absolute atomic E-state index is 0. The van der Waals surface area contributed by atoms with Crippen molar-refractivity contribution in [2.75, 3.05) is 5.43 Å². The molecule has 0 unspecified atom stereocenters. The molecule has 3 rings (SSSR count). The molecule has 7 heteroatoms. The van der Waals surface area contributed by atoms with Crippen molar-refractivity contribution < 1.29 is 0 Å². The van der Waals surface area contributed by atoms with Crippen molar-refractivity contribution in [1.82, 2.24) is 20.4 Å². The molecular formula is C14H15Cl2N5. The third kappa shape index (κ3) is 3.64. The molecule has 1 aromatic heterocycles. The molecule has 110 valence electrons. The first-order valence-electron chi connectivity index (χ1n) is 6.25. The van der Waals surface area contributed by atoms with Crippen molar-refractivity contribution in [1.29, 1.82) is 0 Å². The highest BCUT2D eigenvalue weighted by atomic mass is 35.5. The quantitative estimate of drug-likeness (QED) is 0.724. The molecule has 0 aliphatic carbocycles. The molecule has 0 atom stereocenters. The molecular weight excluding hydrogens is 309 g/mol. The molecule has 0 aliphatic heterocycles. The van der Waals surface area contributed by atoms with Gasteiger partial charge in [0.1, 0.15) is 5.52 Å². The summed E-state index contributed by atoms with van der Waals surface area (Å²) in [5.41, 5.74) is 10.4. The molecule has 3 aromatic rings. The molecule has 0 saturated heterocycles. The third-order valence-electron chi connectivity index (χ3n) is 3.04. The van der Waals surface area contributed by atoms with Crippen LogP contribution in [0.2, 0.25) is 5.02 Å². The standard InChI is InChI=1S/C14H14ClN5.ClH/c1-20-14-8-10(2-7-13(14)18-19-20)9-16-17-12-5-3-11(15)4-6-12;/h2-8,16-17H,9H2,1H3;1H. The number of aromatic nitrogens is 3. The number of nitrogens with zero attached hydrogens (tertiary/aromatic N) is 3. The van der Waals surface area contributed by atoms with Gasteiger partial charge < -0.3 is 5.43 Å². The maximum Gasteiger partial charge on any atom is 0.113 e. The summed E-state index contributed by atoms with van der Waals surface area (Å²) in [6.45, 7) is 0.698. The Morgan fingerprint density at radius 1 is 1.14 bits per heavy atom. The van der Waals surface area contributed by atoms with E-state index in [1.165, 1.54) is 0 Å². The normalized spacial score (nSPS) is 10.4. The fourth-order valence-electron chi connectivity index (χ4n) is 1.97. The maximum atomic E-state index is 5.84. The number of fused-ring (bicyclic) bond motifs is 1. The molecule has 0 spiro atoms. The van der Waals surface area contributed by atoms with Crippen LogP contribution in [-0.4, -0.2) is 15.0 Å². The van der Waals surface area contributed by atoms with Gasteiger partial charge >= 0.3 is 0 Å². The molecule has 21 heavy (non-hydrogen) atoms. The van der Waals surface area contributed by atoms with Crippen molar-refractivity contribution in [2.45, 2.75) is 6.54 Å². The molecule has 5 nitrogen and oxygen atoms in total. The van der Waals surface area contributed by atoms with Crippen LogP contribution in [0.3, 0.4) is 0 Å². The maximum absolute atomic E-state index is 5.84. The second-order valence-electron chi connectivity index (χ2n) is 4.52. The van der Waals surface area contributed by atoms with E-state index in [1.54, 1.807) is 4.68 Å². The van der Waals surface area contributed by atoms with Crippen molar-refractivity contribution >= 4 is 40.7 Å². The predicted molar refractivity (Wildman–Crippen MR) is 87.7 cm³/mol. The van der Waals surface area contributed by atoms with Gasteiger partial charge in [0.2, 0.25) is 0 Å². The zero-order chi connectivity index (χ0) is 13.9. The number of hydrogen-bond donors (Lipinski definition) is 2. The Labute approximate surface area is 133 Å². The lowest BCUT2D eigenvalue weighted by Gasteiger charge is -2.08. The topological polar surface area (TPSA) is 54.8 Å². The van der Waals surface area contributed by atoms with Gasteiger partial charge in [-0.1, -0.05) is 22.9 Å². The first-order chi connectivity index (χ1) is 9.72. The highest BCUT2D eigenvalue weighted by Crippen LogP contribution is 2.14. The van der Waals surface area contributed by atoms with Gasteiger partial charge in [-0.2, -0.15) is 0 Å². The van der Waals surface area contributed by atoms with Crippen LogP contribution in [0.5, 0.6) is 0 Å². The number of aryl methyl sites for hydroxylation is 1. The smallest absolute Gasteiger partial charge is 0.113 e. The molecule has 0 radical (unpaired) electrons. The number of benzene rings is 2. The zero-order valence-electron chi connectivity index (χ0n) is 11.4. The summed E-state index contributed by atoms with van der Waals surface area (Å²) in [5.74, 6) is 0. The summed E-state index contributed by atoms with van der Waals surface area (Å²) < 4.78 is 1.77. The first-order valence-corrected chi connectivity index (χ1v) is 6.63. The molecule has 0 saturated carbocycles. The number of rotatable bonds is 4.